The SMILES string of the molecule is Cc1noc(C)c1C(C)Nc1ccc(Cl)cc1[N+](=O)[O-]. The molecule has 0 amide bonds. The maximum absolute atomic E-state index is 11.1. The van der Waals surface area contributed by atoms with Crippen LogP contribution in [0.25, 0.3) is 0 Å². The third-order valence-electron chi connectivity index (χ3n) is 3.05. The molecule has 2 rings (SSSR count). The molecule has 0 aliphatic heterocycles. The van der Waals surface area contributed by atoms with E-state index in [0.717, 1.165) is 11.3 Å². The summed E-state index contributed by atoms with van der Waals surface area (Å²) in [6, 6.07) is 4.36. The Bertz CT molecular complexity index is 635. The van der Waals surface area contributed by atoms with Gasteiger partial charge in [-0.15, -0.1) is 0 Å². The molecular weight excluding hydrogens is 282 g/mol. The molecule has 106 valence electrons. The van der Waals surface area contributed by atoms with Crippen LogP contribution in [0.2, 0.25) is 5.02 Å². The van der Waals surface area contributed by atoms with E-state index < -0.39 is 4.92 Å². The van der Waals surface area contributed by atoms with Crippen molar-refractivity contribution in [2.45, 2.75) is 26.8 Å². The maximum Gasteiger partial charge on any atom is 0.293 e. The number of halogens is 1. The first kappa shape index (κ1) is 14.3. The summed E-state index contributed by atoms with van der Waals surface area (Å²) in [7, 11) is 0. The van der Waals surface area contributed by atoms with Gasteiger partial charge >= 0.3 is 0 Å². The second kappa shape index (κ2) is 5.50. The molecule has 6 nitrogen and oxygen atoms in total. The number of aromatic nitrogens is 1. The van der Waals surface area contributed by atoms with E-state index in [4.69, 9.17) is 16.1 Å². The van der Waals surface area contributed by atoms with Gasteiger partial charge in [0.15, 0.2) is 0 Å². The number of nitro groups is 1. The van der Waals surface area contributed by atoms with Gasteiger partial charge in [-0.05, 0) is 32.9 Å². The van der Waals surface area contributed by atoms with Crippen molar-refractivity contribution in [3.63, 3.8) is 0 Å². The highest BCUT2D eigenvalue weighted by Gasteiger charge is 2.20. The van der Waals surface area contributed by atoms with Gasteiger partial charge in [0.25, 0.3) is 5.69 Å². The highest BCUT2D eigenvalue weighted by atomic mass is 35.5. The van der Waals surface area contributed by atoms with Crippen molar-refractivity contribution >= 4 is 23.0 Å². The van der Waals surface area contributed by atoms with Gasteiger partial charge in [0, 0.05) is 16.7 Å². The summed E-state index contributed by atoms with van der Waals surface area (Å²) >= 11 is 5.79. The predicted octanol–water partition coefficient (Wildman–Crippen LogP) is 4.03. The van der Waals surface area contributed by atoms with Gasteiger partial charge in [0.05, 0.1) is 16.7 Å². The zero-order chi connectivity index (χ0) is 14.9. The molecule has 0 saturated heterocycles. The fourth-order valence-corrected chi connectivity index (χ4v) is 2.36. The molecule has 0 bridgehead atoms. The van der Waals surface area contributed by atoms with E-state index in [9.17, 15) is 10.1 Å². The van der Waals surface area contributed by atoms with Crippen molar-refractivity contribution in [1.82, 2.24) is 5.16 Å². The lowest BCUT2D eigenvalue weighted by Crippen LogP contribution is -2.09. The standard InChI is InChI=1S/C13H14ClN3O3/c1-7(13-8(2)16-20-9(13)3)15-11-5-4-10(14)6-12(11)17(18)19/h4-7,15H,1-3H3. The Balaban J connectivity index is 2.33. The van der Waals surface area contributed by atoms with Crippen LogP contribution in [-0.4, -0.2) is 10.1 Å². The van der Waals surface area contributed by atoms with Crippen LogP contribution < -0.4 is 5.32 Å². The lowest BCUT2D eigenvalue weighted by molar-refractivity contribution is -0.384. The fraction of sp³-hybridized carbons (Fsp3) is 0.308. The molecule has 1 aromatic carbocycles. The Labute approximate surface area is 120 Å². The van der Waals surface area contributed by atoms with Crippen molar-refractivity contribution in [2.75, 3.05) is 5.32 Å². The highest BCUT2D eigenvalue weighted by molar-refractivity contribution is 6.30. The molecule has 1 heterocycles. The summed E-state index contributed by atoms with van der Waals surface area (Å²) in [5, 5.41) is 18.4. The van der Waals surface area contributed by atoms with Crippen LogP contribution in [0.5, 0.6) is 0 Å². The van der Waals surface area contributed by atoms with Crippen LogP contribution >= 0.6 is 11.6 Å². The van der Waals surface area contributed by atoms with Gasteiger partial charge in [0.2, 0.25) is 0 Å². The number of nitro benzene ring substituents is 1. The smallest absolute Gasteiger partial charge is 0.293 e. The van der Waals surface area contributed by atoms with Crippen LogP contribution in [0.3, 0.4) is 0 Å². The van der Waals surface area contributed by atoms with E-state index in [2.05, 4.69) is 10.5 Å². The summed E-state index contributed by atoms with van der Waals surface area (Å²) < 4.78 is 5.11. The van der Waals surface area contributed by atoms with E-state index in [0.29, 0.717) is 16.5 Å². The molecule has 0 saturated carbocycles. The highest BCUT2D eigenvalue weighted by Crippen LogP contribution is 2.32. The number of aryl methyl sites for hydroxylation is 2. The quantitative estimate of drug-likeness (QED) is 0.680. The van der Waals surface area contributed by atoms with Gasteiger partial charge in [-0.25, -0.2) is 0 Å². The number of benzene rings is 1. The molecule has 1 atom stereocenters. The van der Waals surface area contributed by atoms with Gasteiger partial charge < -0.3 is 9.84 Å². The first-order chi connectivity index (χ1) is 9.40. The molecular formula is C13H14ClN3O3. The van der Waals surface area contributed by atoms with Gasteiger partial charge in [-0.2, -0.15) is 0 Å². The Morgan fingerprint density at radius 3 is 2.70 bits per heavy atom. The lowest BCUT2D eigenvalue weighted by atomic mass is 10.1. The summed E-state index contributed by atoms with van der Waals surface area (Å²) in [6.07, 6.45) is 0. The molecule has 0 fully saturated rings. The van der Waals surface area contributed by atoms with Crippen molar-refractivity contribution in [3.8, 4) is 0 Å². The molecule has 20 heavy (non-hydrogen) atoms. The third kappa shape index (κ3) is 2.75. The second-order valence-corrected chi connectivity index (χ2v) is 4.96. The van der Waals surface area contributed by atoms with Crippen molar-refractivity contribution in [1.29, 1.82) is 0 Å². The normalized spacial score (nSPS) is 12.2. The van der Waals surface area contributed by atoms with Crippen LogP contribution in [0.1, 0.15) is 30.0 Å². The first-order valence-corrected chi connectivity index (χ1v) is 6.41. The number of nitrogens with one attached hydrogen (secondary N) is 1. The average Bonchev–Trinajstić information content (AvgIpc) is 2.71. The monoisotopic (exact) mass is 295 g/mol. The maximum atomic E-state index is 11.1. The van der Waals surface area contributed by atoms with Crippen LogP contribution in [0.4, 0.5) is 11.4 Å². The molecule has 2 aromatic rings. The number of anilines is 1. The van der Waals surface area contributed by atoms with Crippen molar-refractivity contribution < 1.29 is 9.45 Å². The first-order valence-electron chi connectivity index (χ1n) is 6.03. The van der Waals surface area contributed by atoms with Crippen molar-refractivity contribution in [2.24, 2.45) is 0 Å². The summed E-state index contributed by atoms with van der Waals surface area (Å²) in [5.74, 6) is 0.694. The van der Waals surface area contributed by atoms with E-state index in [1.54, 1.807) is 12.1 Å². The molecule has 1 unspecified atom stereocenters. The number of nitrogens with zero attached hydrogens (tertiary/aromatic N) is 2. The van der Waals surface area contributed by atoms with Gasteiger partial charge in [-0.3, -0.25) is 10.1 Å². The lowest BCUT2D eigenvalue weighted by Gasteiger charge is -2.15. The van der Waals surface area contributed by atoms with Crippen LogP contribution in [0.15, 0.2) is 22.7 Å². The molecule has 0 aliphatic carbocycles. The minimum atomic E-state index is -0.464. The minimum absolute atomic E-state index is 0.0592. The molecule has 0 spiro atoms. The van der Waals surface area contributed by atoms with E-state index in [1.807, 2.05) is 20.8 Å². The zero-order valence-electron chi connectivity index (χ0n) is 11.3. The zero-order valence-corrected chi connectivity index (χ0v) is 12.1. The van der Waals surface area contributed by atoms with Gasteiger partial charge in [0.1, 0.15) is 11.4 Å². The van der Waals surface area contributed by atoms with E-state index >= 15 is 0 Å². The van der Waals surface area contributed by atoms with Crippen molar-refractivity contribution in [3.05, 3.63) is 50.4 Å². The Morgan fingerprint density at radius 1 is 1.45 bits per heavy atom. The predicted molar refractivity (Wildman–Crippen MR) is 76.1 cm³/mol. The summed E-state index contributed by atoms with van der Waals surface area (Å²) in [6.45, 7) is 5.54. The number of hydrogen-bond acceptors (Lipinski definition) is 5. The fourth-order valence-electron chi connectivity index (χ4n) is 2.19. The third-order valence-corrected chi connectivity index (χ3v) is 3.29. The Kier molecular flexibility index (Phi) is 3.94. The topological polar surface area (TPSA) is 81.2 Å². The second-order valence-electron chi connectivity index (χ2n) is 4.52. The van der Waals surface area contributed by atoms with Crippen LogP contribution in [0, 0.1) is 24.0 Å². The van der Waals surface area contributed by atoms with Crippen LogP contribution in [-0.2, 0) is 0 Å². The summed E-state index contributed by atoms with van der Waals surface area (Å²) in [4.78, 5) is 10.6. The van der Waals surface area contributed by atoms with Gasteiger partial charge in [-0.1, -0.05) is 16.8 Å². The summed E-state index contributed by atoms with van der Waals surface area (Å²) in [5.41, 5.74) is 2.01. The van der Waals surface area contributed by atoms with E-state index in [1.165, 1.54) is 6.07 Å². The molecule has 0 aliphatic rings. The molecule has 7 heteroatoms. The molecule has 0 radical (unpaired) electrons. The van der Waals surface area contributed by atoms with E-state index in [-0.39, 0.29) is 11.7 Å². The molecule has 1 aromatic heterocycles. The number of rotatable bonds is 4. The Morgan fingerprint density at radius 2 is 2.15 bits per heavy atom. The largest absolute Gasteiger partial charge is 0.373 e. The average molecular weight is 296 g/mol. The molecule has 1 N–H and O–H groups in total. The Hall–Kier alpha value is -2.08. The minimum Gasteiger partial charge on any atom is -0.373 e. The number of hydrogen-bond donors (Lipinski definition) is 1.